The smallest absolute Gasteiger partial charge is 0.0701 e. The van der Waals surface area contributed by atoms with E-state index < -0.39 is 0 Å². The van der Waals surface area contributed by atoms with Crippen molar-refractivity contribution in [1.82, 2.24) is 0 Å². The van der Waals surface area contributed by atoms with E-state index in [1.165, 1.54) is 0 Å². The van der Waals surface area contributed by atoms with Gasteiger partial charge in [-0.3, -0.25) is 0 Å². The molecule has 0 aromatic rings. The highest BCUT2D eigenvalue weighted by molar-refractivity contribution is 4.60. The first-order valence-corrected chi connectivity index (χ1v) is 9.59. The second-order valence-corrected chi connectivity index (χ2v) is 8.73. The highest BCUT2D eigenvalue weighted by atomic mass is 16.5. The molecule has 0 saturated carbocycles. The van der Waals surface area contributed by atoms with Crippen molar-refractivity contribution in [3.8, 4) is 0 Å². The molecule has 0 bridgehead atoms. The van der Waals surface area contributed by atoms with Crippen LogP contribution in [0.25, 0.3) is 0 Å². The van der Waals surface area contributed by atoms with Crippen LogP contribution in [0.1, 0.15) is 54.4 Å². The van der Waals surface area contributed by atoms with Crippen LogP contribution in [0.5, 0.6) is 0 Å². The fourth-order valence-corrected chi connectivity index (χ4v) is 1.78. The SMILES string of the molecule is CC(C)(C)CCOCCOCCCOCCOCCOCC(C)(C)C. The largest absolute Gasteiger partial charge is 0.379 e. The molecular weight excluding hydrogens is 320 g/mol. The van der Waals surface area contributed by atoms with E-state index in [1.807, 2.05) is 0 Å². The van der Waals surface area contributed by atoms with E-state index in [4.69, 9.17) is 23.7 Å². The Hall–Kier alpha value is -0.200. The molecule has 5 nitrogen and oxygen atoms in total. The summed E-state index contributed by atoms with van der Waals surface area (Å²) >= 11 is 0. The molecule has 0 aliphatic rings. The van der Waals surface area contributed by atoms with Gasteiger partial charge in [-0.1, -0.05) is 41.5 Å². The first-order chi connectivity index (χ1) is 11.7. The number of hydrogen-bond acceptors (Lipinski definition) is 5. The lowest BCUT2D eigenvalue weighted by atomic mass is 9.93. The summed E-state index contributed by atoms with van der Waals surface area (Å²) in [4.78, 5) is 0. The third-order valence-corrected chi connectivity index (χ3v) is 3.22. The fourth-order valence-electron chi connectivity index (χ4n) is 1.78. The summed E-state index contributed by atoms with van der Waals surface area (Å²) < 4.78 is 27.5. The van der Waals surface area contributed by atoms with Crippen molar-refractivity contribution >= 4 is 0 Å². The molecule has 0 aromatic carbocycles. The Kier molecular flexibility index (Phi) is 14.8. The summed E-state index contributed by atoms with van der Waals surface area (Å²) in [6.07, 6.45) is 1.97. The molecule has 0 aromatic heterocycles. The Bertz CT molecular complexity index is 253. The van der Waals surface area contributed by atoms with Gasteiger partial charge in [0, 0.05) is 19.8 Å². The fraction of sp³-hybridized carbons (Fsp3) is 1.00. The van der Waals surface area contributed by atoms with Crippen LogP contribution in [0.15, 0.2) is 0 Å². The predicted octanol–water partition coefficient (Wildman–Crippen LogP) is 3.94. The second kappa shape index (κ2) is 14.9. The van der Waals surface area contributed by atoms with Gasteiger partial charge >= 0.3 is 0 Å². The molecule has 0 rings (SSSR count). The molecule has 0 radical (unpaired) electrons. The molecule has 0 aliphatic heterocycles. The highest BCUT2D eigenvalue weighted by Gasteiger charge is 2.09. The zero-order chi connectivity index (χ0) is 19.0. The van der Waals surface area contributed by atoms with Gasteiger partial charge in [0.15, 0.2) is 0 Å². The van der Waals surface area contributed by atoms with E-state index in [-0.39, 0.29) is 5.41 Å². The van der Waals surface area contributed by atoms with Crippen LogP contribution in [-0.4, -0.2) is 66.1 Å². The van der Waals surface area contributed by atoms with Gasteiger partial charge in [-0.25, -0.2) is 0 Å². The van der Waals surface area contributed by atoms with E-state index in [2.05, 4.69) is 41.5 Å². The van der Waals surface area contributed by atoms with Gasteiger partial charge in [-0.15, -0.1) is 0 Å². The van der Waals surface area contributed by atoms with Crippen LogP contribution < -0.4 is 0 Å². The van der Waals surface area contributed by atoms with Crippen LogP contribution >= 0.6 is 0 Å². The molecule has 0 unspecified atom stereocenters. The molecule has 152 valence electrons. The number of rotatable bonds is 16. The van der Waals surface area contributed by atoms with Gasteiger partial charge in [-0.2, -0.15) is 0 Å². The number of hydrogen-bond donors (Lipinski definition) is 0. The predicted molar refractivity (Wildman–Crippen MR) is 102 cm³/mol. The standard InChI is InChI=1S/C20H42O5/c1-19(2,3)8-11-23-14-12-21-9-7-10-22-13-15-24-16-17-25-18-20(4,5)6/h7-18H2,1-6H3. The lowest BCUT2D eigenvalue weighted by Crippen LogP contribution is -2.17. The number of ether oxygens (including phenoxy) is 5. The molecule has 0 atom stereocenters. The van der Waals surface area contributed by atoms with Crippen LogP contribution in [0, 0.1) is 10.8 Å². The molecule has 25 heavy (non-hydrogen) atoms. The van der Waals surface area contributed by atoms with Gasteiger partial charge in [0.1, 0.15) is 0 Å². The monoisotopic (exact) mass is 362 g/mol. The highest BCUT2D eigenvalue weighted by Crippen LogP contribution is 2.17. The second-order valence-electron chi connectivity index (χ2n) is 8.73. The lowest BCUT2D eigenvalue weighted by molar-refractivity contribution is -0.00550. The Balaban J connectivity index is 3.08. The van der Waals surface area contributed by atoms with Crippen LogP contribution in [0.4, 0.5) is 0 Å². The normalized spacial score (nSPS) is 12.7. The maximum absolute atomic E-state index is 5.55. The van der Waals surface area contributed by atoms with Crippen LogP contribution in [0.3, 0.4) is 0 Å². The Labute approximate surface area is 155 Å². The average Bonchev–Trinajstić information content (AvgIpc) is 2.48. The van der Waals surface area contributed by atoms with Crippen molar-refractivity contribution in [2.24, 2.45) is 10.8 Å². The third kappa shape index (κ3) is 23.8. The molecule has 0 N–H and O–H groups in total. The van der Waals surface area contributed by atoms with Crippen molar-refractivity contribution in [1.29, 1.82) is 0 Å². The summed E-state index contributed by atoms with van der Waals surface area (Å²) in [6.45, 7) is 19.9. The van der Waals surface area contributed by atoms with E-state index >= 15 is 0 Å². The van der Waals surface area contributed by atoms with Gasteiger partial charge in [-0.05, 0) is 23.7 Å². The molecule has 5 heteroatoms. The van der Waals surface area contributed by atoms with Gasteiger partial charge in [0.2, 0.25) is 0 Å². The molecule has 0 fully saturated rings. The van der Waals surface area contributed by atoms with Crippen LogP contribution in [0.2, 0.25) is 0 Å². The van der Waals surface area contributed by atoms with E-state index in [0.717, 1.165) is 26.1 Å². The van der Waals surface area contributed by atoms with Crippen molar-refractivity contribution < 1.29 is 23.7 Å². The first kappa shape index (κ1) is 24.8. The quantitative estimate of drug-likeness (QED) is 0.389. The van der Waals surface area contributed by atoms with Crippen LogP contribution in [-0.2, 0) is 23.7 Å². The van der Waals surface area contributed by atoms with Crippen molar-refractivity contribution in [2.45, 2.75) is 54.4 Å². The molecule has 0 spiro atoms. The summed E-state index contributed by atoms with van der Waals surface area (Å²) in [5.74, 6) is 0. The molecular formula is C20H42O5. The van der Waals surface area contributed by atoms with E-state index in [1.54, 1.807) is 0 Å². The van der Waals surface area contributed by atoms with Crippen molar-refractivity contribution in [3.63, 3.8) is 0 Å². The molecule has 0 amide bonds. The first-order valence-electron chi connectivity index (χ1n) is 9.59. The Morgan fingerprint density at radius 3 is 1.28 bits per heavy atom. The van der Waals surface area contributed by atoms with Gasteiger partial charge in [0.25, 0.3) is 0 Å². The summed E-state index contributed by atoms with van der Waals surface area (Å²) in [5, 5.41) is 0. The van der Waals surface area contributed by atoms with Gasteiger partial charge < -0.3 is 23.7 Å². The maximum atomic E-state index is 5.55. The molecule has 0 heterocycles. The van der Waals surface area contributed by atoms with Crippen molar-refractivity contribution in [3.05, 3.63) is 0 Å². The average molecular weight is 363 g/mol. The topological polar surface area (TPSA) is 46.2 Å². The summed E-state index contributed by atoms with van der Waals surface area (Å²) in [7, 11) is 0. The minimum Gasteiger partial charge on any atom is -0.379 e. The molecule has 0 saturated heterocycles. The maximum Gasteiger partial charge on any atom is 0.0701 e. The molecule has 0 aliphatic carbocycles. The minimum absolute atomic E-state index is 0.212. The zero-order valence-electron chi connectivity index (χ0n) is 17.5. The third-order valence-electron chi connectivity index (χ3n) is 3.22. The van der Waals surface area contributed by atoms with E-state index in [0.29, 0.717) is 58.3 Å². The van der Waals surface area contributed by atoms with Gasteiger partial charge in [0.05, 0.1) is 46.2 Å². The van der Waals surface area contributed by atoms with Crippen molar-refractivity contribution in [2.75, 3.05) is 66.1 Å². The summed E-state index contributed by atoms with van der Waals surface area (Å²) in [6, 6.07) is 0. The minimum atomic E-state index is 0.212. The van der Waals surface area contributed by atoms with E-state index in [9.17, 15) is 0 Å². The summed E-state index contributed by atoms with van der Waals surface area (Å²) in [5.41, 5.74) is 0.547. The Morgan fingerprint density at radius 1 is 0.440 bits per heavy atom. The Morgan fingerprint density at radius 2 is 0.840 bits per heavy atom. The zero-order valence-corrected chi connectivity index (χ0v) is 17.5. The lowest BCUT2D eigenvalue weighted by Gasteiger charge is -2.17.